The molecule has 30 heavy (non-hydrogen) atoms. The van der Waals surface area contributed by atoms with Crippen LogP contribution < -0.4 is 10.5 Å². The molecule has 164 valence electrons. The fourth-order valence-corrected chi connectivity index (χ4v) is 5.71. The number of rotatable bonds is 10. The Morgan fingerprint density at radius 3 is 2.17 bits per heavy atom. The molecule has 0 spiro atoms. The zero-order valence-electron chi connectivity index (χ0n) is 16.8. The topological polar surface area (TPSA) is 144 Å². The maximum absolute atomic E-state index is 13.0. The molecule has 0 unspecified atom stereocenters. The van der Waals surface area contributed by atoms with Gasteiger partial charge in [-0.1, -0.05) is 30.2 Å². The number of carboxylic acid groups (broad SMARTS) is 1. The van der Waals surface area contributed by atoms with Gasteiger partial charge in [0, 0.05) is 0 Å². The number of nitrogens with one attached hydrogen (secondary N) is 1. The molecule has 8 nitrogen and oxygen atoms in total. The van der Waals surface area contributed by atoms with Crippen molar-refractivity contribution >= 4 is 25.8 Å². The van der Waals surface area contributed by atoms with Gasteiger partial charge in [0.05, 0.1) is 14.7 Å². The highest BCUT2D eigenvalue weighted by atomic mass is 32.2. The number of carbonyl (C=O) groups is 1. The molecule has 10 heteroatoms. The summed E-state index contributed by atoms with van der Waals surface area (Å²) in [6, 6.07) is 8.60. The number of carboxylic acids is 1. The maximum atomic E-state index is 13.0. The van der Waals surface area contributed by atoms with Crippen molar-refractivity contribution in [3.63, 3.8) is 0 Å². The first-order valence-electron chi connectivity index (χ1n) is 9.36. The van der Waals surface area contributed by atoms with Crippen LogP contribution in [0.1, 0.15) is 30.4 Å². The van der Waals surface area contributed by atoms with E-state index in [1.165, 1.54) is 24.3 Å². The zero-order chi connectivity index (χ0) is 22.5. The molecule has 0 aliphatic rings. The zero-order valence-corrected chi connectivity index (χ0v) is 18.5. The number of sulfone groups is 1. The fourth-order valence-electron chi connectivity index (χ4n) is 2.86. The van der Waals surface area contributed by atoms with Gasteiger partial charge in [0.2, 0.25) is 19.9 Å². The van der Waals surface area contributed by atoms with Gasteiger partial charge in [-0.25, -0.2) is 16.8 Å². The average Bonchev–Trinajstić information content (AvgIpc) is 2.67. The summed E-state index contributed by atoms with van der Waals surface area (Å²) in [5.74, 6) is -1.31. The molecule has 0 bridgehead atoms. The van der Waals surface area contributed by atoms with Crippen molar-refractivity contribution < 1.29 is 26.7 Å². The first-order chi connectivity index (χ1) is 14.0. The largest absolute Gasteiger partial charge is 0.480 e. The smallest absolute Gasteiger partial charge is 0.321 e. The van der Waals surface area contributed by atoms with E-state index in [1.54, 1.807) is 19.1 Å². The van der Waals surface area contributed by atoms with Crippen molar-refractivity contribution in [2.45, 2.75) is 53.8 Å². The van der Waals surface area contributed by atoms with Crippen molar-refractivity contribution in [3.8, 4) is 0 Å². The first kappa shape index (κ1) is 24.0. The molecule has 0 fully saturated rings. The SMILES string of the molecule is Cc1ccc(S(=O)(=O)c2cc(S(=O)(=O)N[C@@H](CCCCN)C(=O)O)ccc2C)cc1. The number of nitrogens with two attached hydrogens (primary N) is 1. The van der Waals surface area contributed by atoms with Gasteiger partial charge in [0.15, 0.2) is 0 Å². The summed E-state index contributed by atoms with van der Waals surface area (Å²) in [5, 5.41) is 9.33. The van der Waals surface area contributed by atoms with Crippen LogP contribution in [0.2, 0.25) is 0 Å². The number of aryl methyl sites for hydroxylation is 2. The number of aliphatic carboxylic acids is 1. The van der Waals surface area contributed by atoms with Crippen molar-refractivity contribution in [3.05, 3.63) is 53.6 Å². The van der Waals surface area contributed by atoms with Crippen molar-refractivity contribution in [1.29, 1.82) is 0 Å². The van der Waals surface area contributed by atoms with E-state index in [0.717, 1.165) is 11.6 Å². The summed E-state index contributed by atoms with van der Waals surface area (Å²) >= 11 is 0. The second kappa shape index (κ2) is 9.69. The van der Waals surface area contributed by atoms with E-state index in [9.17, 15) is 26.7 Å². The summed E-state index contributed by atoms with van der Waals surface area (Å²) in [4.78, 5) is 11.0. The van der Waals surface area contributed by atoms with Gasteiger partial charge in [0.25, 0.3) is 0 Å². The van der Waals surface area contributed by atoms with Gasteiger partial charge >= 0.3 is 5.97 Å². The van der Waals surface area contributed by atoms with Crippen LogP contribution in [0.3, 0.4) is 0 Å². The average molecular weight is 455 g/mol. The molecule has 2 rings (SSSR count). The minimum absolute atomic E-state index is 0.0453. The Kier molecular flexibility index (Phi) is 7.75. The normalized spacial score (nSPS) is 13.2. The maximum Gasteiger partial charge on any atom is 0.321 e. The molecule has 2 aromatic rings. The standard InChI is InChI=1S/C20H26N2O6S2/c1-14-6-9-16(10-7-14)29(25,26)19-13-17(11-8-15(19)2)30(27,28)22-18(20(23)24)5-3-4-12-21/h6-11,13,18,22H,3-5,12,21H2,1-2H3,(H,23,24)/t18-/m0/s1. The first-order valence-corrected chi connectivity index (χ1v) is 12.3. The third-order valence-corrected chi connectivity index (χ3v) is 8.01. The van der Waals surface area contributed by atoms with Crippen LogP contribution in [0.5, 0.6) is 0 Å². The molecule has 1 atom stereocenters. The molecule has 2 aromatic carbocycles. The summed E-state index contributed by atoms with van der Waals surface area (Å²) in [5.41, 5.74) is 6.67. The molecule has 0 aliphatic carbocycles. The van der Waals surface area contributed by atoms with E-state index in [4.69, 9.17) is 5.73 Å². The van der Waals surface area contributed by atoms with E-state index in [0.29, 0.717) is 24.9 Å². The Labute approximate surface area is 177 Å². The molecule has 0 saturated carbocycles. The lowest BCUT2D eigenvalue weighted by atomic mass is 10.1. The lowest BCUT2D eigenvalue weighted by molar-refractivity contribution is -0.139. The van der Waals surface area contributed by atoms with Gasteiger partial charge in [-0.3, -0.25) is 4.79 Å². The van der Waals surface area contributed by atoms with Crippen molar-refractivity contribution in [2.75, 3.05) is 6.54 Å². The molecule has 0 aromatic heterocycles. The lowest BCUT2D eigenvalue weighted by Gasteiger charge is -2.16. The molecule has 0 heterocycles. The Bertz CT molecular complexity index is 1110. The monoisotopic (exact) mass is 454 g/mol. The predicted molar refractivity (Wildman–Crippen MR) is 112 cm³/mol. The van der Waals surface area contributed by atoms with E-state index in [-0.39, 0.29) is 21.1 Å². The molecule has 0 saturated heterocycles. The van der Waals surface area contributed by atoms with Crippen LogP contribution in [-0.2, 0) is 24.7 Å². The quantitative estimate of drug-likeness (QED) is 0.466. The Balaban J connectivity index is 2.41. The lowest BCUT2D eigenvalue weighted by Crippen LogP contribution is -2.40. The highest BCUT2D eigenvalue weighted by Gasteiger charge is 2.27. The number of hydrogen-bond donors (Lipinski definition) is 3. The number of hydrogen-bond acceptors (Lipinski definition) is 6. The van der Waals surface area contributed by atoms with E-state index < -0.39 is 31.9 Å². The van der Waals surface area contributed by atoms with E-state index >= 15 is 0 Å². The molecule has 0 radical (unpaired) electrons. The van der Waals surface area contributed by atoms with E-state index in [2.05, 4.69) is 4.72 Å². The van der Waals surface area contributed by atoms with Crippen LogP contribution >= 0.6 is 0 Å². The van der Waals surface area contributed by atoms with Gasteiger partial charge in [-0.2, -0.15) is 4.72 Å². The Hall–Kier alpha value is -2.27. The second-order valence-corrected chi connectivity index (χ2v) is 10.7. The molecular formula is C20H26N2O6S2. The summed E-state index contributed by atoms with van der Waals surface area (Å²) < 4.78 is 53.7. The van der Waals surface area contributed by atoms with Crippen molar-refractivity contribution in [2.24, 2.45) is 5.73 Å². The predicted octanol–water partition coefficient (Wildman–Crippen LogP) is 2.00. The van der Waals surface area contributed by atoms with Gasteiger partial charge in [-0.15, -0.1) is 0 Å². The van der Waals surface area contributed by atoms with Gasteiger partial charge < -0.3 is 10.8 Å². The highest BCUT2D eigenvalue weighted by molar-refractivity contribution is 7.91. The van der Waals surface area contributed by atoms with Crippen LogP contribution in [-0.4, -0.2) is 40.5 Å². The molecular weight excluding hydrogens is 428 g/mol. The summed E-state index contributed by atoms with van der Waals surface area (Å²) in [6.07, 6.45) is 1.08. The summed E-state index contributed by atoms with van der Waals surface area (Å²) in [6.45, 7) is 3.77. The molecule has 4 N–H and O–H groups in total. The van der Waals surface area contributed by atoms with E-state index in [1.807, 2.05) is 6.92 Å². The second-order valence-electron chi connectivity index (χ2n) is 7.04. The number of benzene rings is 2. The Morgan fingerprint density at radius 1 is 1.00 bits per heavy atom. The van der Waals surface area contributed by atoms with Gasteiger partial charge in [0.1, 0.15) is 6.04 Å². The molecule has 0 aliphatic heterocycles. The highest BCUT2D eigenvalue weighted by Crippen LogP contribution is 2.27. The fraction of sp³-hybridized carbons (Fsp3) is 0.350. The van der Waals surface area contributed by atoms with Crippen LogP contribution in [0.15, 0.2) is 57.2 Å². The minimum atomic E-state index is -4.26. The third-order valence-electron chi connectivity index (χ3n) is 4.63. The Morgan fingerprint density at radius 2 is 1.60 bits per heavy atom. The molecule has 0 amide bonds. The third kappa shape index (κ3) is 5.66. The van der Waals surface area contributed by atoms with Crippen molar-refractivity contribution in [1.82, 2.24) is 4.72 Å². The number of sulfonamides is 1. The minimum Gasteiger partial charge on any atom is -0.480 e. The van der Waals surface area contributed by atoms with Gasteiger partial charge in [-0.05, 0) is 63.1 Å². The number of unbranched alkanes of at least 4 members (excludes halogenated alkanes) is 1. The summed E-state index contributed by atoms with van der Waals surface area (Å²) in [7, 11) is -8.21. The van der Waals surface area contributed by atoms with Crippen LogP contribution in [0, 0.1) is 13.8 Å². The van der Waals surface area contributed by atoms with Crippen LogP contribution in [0.25, 0.3) is 0 Å². The van der Waals surface area contributed by atoms with Crippen LogP contribution in [0.4, 0.5) is 0 Å².